The van der Waals surface area contributed by atoms with E-state index in [9.17, 15) is 9.59 Å². The van der Waals surface area contributed by atoms with Crippen LogP contribution in [0, 0.1) is 11.8 Å². The first kappa shape index (κ1) is 18.5. The molecule has 0 amide bonds. The van der Waals surface area contributed by atoms with Gasteiger partial charge < -0.3 is 18.9 Å². The fourth-order valence-corrected chi connectivity index (χ4v) is 4.71. The Balaban J connectivity index is 1.49. The monoisotopic (exact) mass is 404 g/mol. The first-order chi connectivity index (χ1) is 14.6. The number of benzene rings is 2. The van der Waals surface area contributed by atoms with Crippen molar-refractivity contribution in [1.82, 2.24) is 0 Å². The van der Waals surface area contributed by atoms with Crippen molar-refractivity contribution in [3.63, 3.8) is 0 Å². The molecule has 2 heterocycles. The molecule has 0 spiro atoms. The quantitative estimate of drug-likeness (QED) is 0.415. The lowest BCUT2D eigenvalue weighted by Crippen LogP contribution is -2.56. The molecule has 0 aromatic heterocycles. The van der Waals surface area contributed by atoms with E-state index in [0.717, 1.165) is 11.1 Å². The normalized spacial score (nSPS) is 25.2. The van der Waals surface area contributed by atoms with Crippen molar-refractivity contribution in [3.8, 4) is 23.0 Å². The summed E-state index contributed by atoms with van der Waals surface area (Å²) >= 11 is 0. The summed E-state index contributed by atoms with van der Waals surface area (Å²) in [6, 6.07) is 10.7. The standard InChI is InChI=1S/C24H20O6/c1-3-9-27-13-5-7-15-17(11-13)29-23(25)21-19(15)22-20(21)16-8-6-14(28-10-4-2)12-18(16)30-24(22)26/h3-8,11-12,19-22H,1-2,9-10H2/t19-,20+,21+,22-/m1/s1. The van der Waals surface area contributed by atoms with E-state index in [1.807, 2.05) is 24.3 Å². The van der Waals surface area contributed by atoms with Crippen LogP contribution in [0.15, 0.2) is 61.7 Å². The molecule has 2 aliphatic heterocycles. The molecule has 6 heteroatoms. The van der Waals surface area contributed by atoms with E-state index >= 15 is 0 Å². The minimum atomic E-state index is -0.422. The van der Waals surface area contributed by atoms with Gasteiger partial charge in [-0.3, -0.25) is 9.59 Å². The Kier molecular flexibility index (Phi) is 4.35. The maximum absolute atomic E-state index is 12.9. The maximum Gasteiger partial charge on any atom is 0.315 e. The third-order valence-electron chi connectivity index (χ3n) is 5.94. The second-order valence-electron chi connectivity index (χ2n) is 7.54. The number of hydrogen-bond acceptors (Lipinski definition) is 6. The number of esters is 2. The number of hydrogen-bond donors (Lipinski definition) is 0. The molecule has 0 radical (unpaired) electrons. The first-order valence-corrected chi connectivity index (χ1v) is 9.81. The summed E-state index contributed by atoms with van der Waals surface area (Å²) in [6.45, 7) is 7.95. The van der Waals surface area contributed by atoms with Crippen LogP contribution in [0.2, 0.25) is 0 Å². The summed E-state index contributed by atoms with van der Waals surface area (Å²) < 4.78 is 22.3. The van der Waals surface area contributed by atoms with Gasteiger partial charge in [-0.2, -0.15) is 0 Å². The van der Waals surface area contributed by atoms with Crippen molar-refractivity contribution in [2.45, 2.75) is 11.8 Å². The average Bonchev–Trinajstić information content (AvgIpc) is 2.71. The molecule has 152 valence electrons. The summed E-state index contributed by atoms with van der Waals surface area (Å²) in [7, 11) is 0. The molecule has 1 aliphatic carbocycles. The van der Waals surface area contributed by atoms with Crippen molar-refractivity contribution < 1.29 is 28.5 Å². The van der Waals surface area contributed by atoms with Crippen molar-refractivity contribution in [3.05, 3.63) is 72.8 Å². The first-order valence-electron chi connectivity index (χ1n) is 9.81. The second kappa shape index (κ2) is 7.06. The molecule has 5 rings (SSSR count). The number of rotatable bonds is 6. The largest absolute Gasteiger partial charge is 0.489 e. The molecule has 0 bridgehead atoms. The zero-order chi connectivity index (χ0) is 20.8. The van der Waals surface area contributed by atoms with E-state index in [4.69, 9.17) is 18.9 Å². The van der Waals surface area contributed by atoms with Gasteiger partial charge >= 0.3 is 11.9 Å². The van der Waals surface area contributed by atoms with Gasteiger partial charge in [0.1, 0.15) is 36.2 Å². The van der Waals surface area contributed by atoms with Crippen LogP contribution in [0.3, 0.4) is 0 Å². The smallest absolute Gasteiger partial charge is 0.315 e. The fraction of sp³-hybridized carbons (Fsp3) is 0.250. The van der Waals surface area contributed by atoms with Crippen molar-refractivity contribution in [2.75, 3.05) is 13.2 Å². The van der Waals surface area contributed by atoms with Gasteiger partial charge in [-0.05, 0) is 12.1 Å². The van der Waals surface area contributed by atoms with E-state index in [-0.39, 0.29) is 23.8 Å². The molecule has 0 unspecified atom stereocenters. The maximum atomic E-state index is 12.9. The Morgan fingerprint density at radius 1 is 0.733 bits per heavy atom. The van der Waals surface area contributed by atoms with Gasteiger partial charge in [-0.1, -0.05) is 37.4 Å². The zero-order valence-electron chi connectivity index (χ0n) is 16.2. The Labute approximate surface area is 173 Å². The van der Waals surface area contributed by atoms with Gasteiger partial charge in [-0.15, -0.1) is 0 Å². The Morgan fingerprint density at radius 3 is 1.57 bits per heavy atom. The van der Waals surface area contributed by atoms with Crippen LogP contribution in [0.4, 0.5) is 0 Å². The second-order valence-corrected chi connectivity index (χ2v) is 7.54. The molecule has 0 atom stereocenters. The lowest BCUT2D eigenvalue weighted by atomic mass is 9.51. The molecule has 1 saturated carbocycles. The highest BCUT2D eigenvalue weighted by molar-refractivity contribution is 5.91. The van der Waals surface area contributed by atoms with Crippen molar-refractivity contribution in [2.24, 2.45) is 11.8 Å². The van der Waals surface area contributed by atoms with E-state index in [0.29, 0.717) is 36.2 Å². The van der Waals surface area contributed by atoms with Crippen molar-refractivity contribution >= 4 is 11.9 Å². The predicted molar refractivity (Wildman–Crippen MR) is 108 cm³/mol. The van der Waals surface area contributed by atoms with Gasteiger partial charge in [0.2, 0.25) is 0 Å². The molecule has 30 heavy (non-hydrogen) atoms. The van der Waals surface area contributed by atoms with Crippen LogP contribution in [-0.2, 0) is 9.59 Å². The molecule has 1 fully saturated rings. The Morgan fingerprint density at radius 2 is 1.17 bits per heavy atom. The van der Waals surface area contributed by atoms with E-state index in [2.05, 4.69) is 13.2 Å². The molecule has 0 saturated heterocycles. The van der Waals surface area contributed by atoms with E-state index in [1.54, 1.807) is 24.3 Å². The molecule has 3 aliphatic rings. The third-order valence-corrected chi connectivity index (χ3v) is 5.94. The molecule has 0 N–H and O–H groups in total. The van der Waals surface area contributed by atoms with Gasteiger partial charge in [-0.25, -0.2) is 0 Å². The number of ether oxygens (including phenoxy) is 4. The van der Waals surface area contributed by atoms with E-state index < -0.39 is 11.8 Å². The lowest BCUT2D eigenvalue weighted by molar-refractivity contribution is -0.161. The summed E-state index contributed by atoms with van der Waals surface area (Å²) in [5, 5.41) is 0. The van der Waals surface area contributed by atoms with Gasteiger partial charge in [0.15, 0.2) is 0 Å². The van der Waals surface area contributed by atoms with Crippen molar-refractivity contribution in [1.29, 1.82) is 0 Å². The van der Waals surface area contributed by atoms with Crippen LogP contribution in [0.5, 0.6) is 23.0 Å². The Bertz CT molecular complexity index is 978. The fourth-order valence-electron chi connectivity index (χ4n) is 4.71. The van der Waals surface area contributed by atoms with Crippen LogP contribution in [0.1, 0.15) is 23.0 Å². The average molecular weight is 404 g/mol. The summed E-state index contributed by atoms with van der Waals surface area (Å²) in [5.41, 5.74) is 1.66. The zero-order valence-corrected chi connectivity index (χ0v) is 16.2. The molecule has 6 nitrogen and oxygen atoms in total. The number of fused-ring (bicyclic) bond motifs is 8. The number of carbonyl (C=O) groups is 2. The van der Waals surface area contributed by atoms with Crippen LogP contribution in [0.25, 0.3) is 0 Å². The number of carbonyl (C=O) groups excluding carboxylic acids is 2. The van der Waals surface area contributed by atoms with Gasteiger partial charge in [0.05, 0.1) is 11.8 Å². The molecule has 2 aromatic rings. The van der Waals surface area contributed by atoms with E-state index in [1.165, 1.54) is 0 Å². The van der Waals surface area contributed by atoms with Gasteiger partial charge in [0.25, 0.3) is 0 Å². The minimum Gasteiger partial charge on any atom is -0.489 e. The third kappa shape index (κ3) is 2.71. The summed E-state index contributed by atoms with van der Waals surface area (Å²) in [5.74, 6) is 0.00132. The SMILES string of the molecule is C=CCOc1ccc2c(c1)OC(=O)[C@H]1[C@@H]2[C@H]2C(=O)Oc3cc(OCC=C)ccc3[C@H]21. The molecular weight excluding hydrogens is 384 g/mol. The summed E-state index contributed by atoms with van der Waals surface area (Å²) in [6.07, 6.45) is 3.28. The van der Waals surface area contributed by atoms with Crippen LogP contribution >= 0.6 is 0 Å². The van der Waals surface area contributed by atoms with Crippen LogP contribution in [-0.4, -0.2) is 25.2 Å². The van der Waals surface area contributed by atoms with Crippen LogP contribution < -0.4 is 18.9 Å². The highest BCUT2D eigenvalue weighted by atomic mass is 16.5. The molecular formula is C24H20O6. The minimum absolute atomic E-state index is 0.267. The Hall–Kier alpha value is -3.54. The lowest BCUT2D eigenvalue weighted by Gasteiger charge is -2.53. The van der Waals surface area contributed by atoms with Gasteiger partial charge in [0, 0.05) is 35.1 Å². The topological polar surface area (TPSA) is 71.1 Å². The highest BCUT2D eigenvalue weighted by Gasteiger charge is 2.64. The highest BCUT2D eigenvalue weighted by Crippen LogP contribution is 2.64. The molecule has 2 aromatic carbocycles. The summed E-state index contributed by atoms with van der Waals surface area (Å²) in [4.78, 5) is 25.7. The predicted octanol–water partition coefficient (Wildman–Crippen LogP) is 3.77.